The molecule has 0 saturated carbocycles. The molecule has 0 radical (unpaired) electrons. The monoisotopic (exact) mass is 354 g/mol. The minimum absolute atomic E-state index is 0.108. The zero-order valence-corrected chi connectivity index (χ0v) is 14.6. The first-order valence-electron chi connectivity index (χ1n) is 7.08. The van der Waals surface area contributed by atoms with Crippen LogP contribution in [0.5, 0.6) is 0 Å². The lowest BCUT2D eigenvalue weighted by molar-refractivity contribution is -0.142. The molecule has 0 atom stereocenters. The number of nitrogens with one attached hydrogen (secondary N) is 1. The lowest BCUT2D eigenvalue weighted by Gasteiger charge is -2.02. The third-order valence-electron chi connectivity index (χ3n) is 2.77. The number of ether oxygens (including phenoxy) is 1. The lowest BCUT2D eigenvalue weighted by atomic mass is 10.3. The summed E-state index contributed by atoms with van der Waals surface area (Å²) in [6, 6.07) is 0. The van der Waals surface area contributed by atoms with Crippen LogP contribution in [0, 0.1) is 0 Å². The Morgan fingerprint density at radius 1 is 1.48 bits per heavy atom. The fourth-order valence-electron chi connectivity index (χ4n) is 1.71. The van der Waals surface area contributed by atoms with Gasteiger partial charge in [-0.3, -0.25) is 9.59 Å². The van der Waals surface area contributed by atoms with E-state index in [4.69, 9.17) is 4.74 Å². The summed E-state index contributed by atoms with van der Waals surface area (Å²) in [4.78, 5) is 31.6. The molecule has 0 aromatic carbocycles. The normalized spacial score (nSPS) is 10.5. The lowest BCUT2D eigenvalue weighted by Crippen LogP contribution is -2.12. The summed E-state index contributed by atoms with van der Waals surface area (Å²) in [5.74, 6) is 0.212. The zero-order chi connectivity index (χ0) is 16.7. The van der Waals surface area contributed by atoms with Crippen LogP contribution in [-0.4, -0.2) is 38.8 Å². The van der Waals surface area contributed by atoms with E-state index in [1.807, 2.05) is 17.8 Å². The van der Waals surface area contributed by atoms with Crippen molar-refractivity contribution in [1.29, 1.82) is 0 Å². The van der Waals surface area contributed by atoms with Crippen molar-refractivity contribution in [1.82, 2.24) is 14.5 Å². The van der Waals surface area contributed by atoms with Crippen LogP contribution in [0.4, 0.5) is 5.13 Å². The van der Waals surface area contributed by atoms with E-state index < -0.39 is 0 Å². The Hall–Kier alpha value is -1.87. The second-order valence-corrected chi connectivity index (χ2v) is 6.51. The summed E-state index contributed by atoms with van der Waals surface area (Å²) in [6.45, 7) is 2.10. The van der Waals surface area contributed by atoms with E-state index in [2.05, 4.69) is 15.3 Å². The van der Waals surface area contributed by atoms with Crippen LogP contribution in [-0.2, 0) is 27.8 Å². The summed E-state index contributed by atoms with van der Waals surface area (Å²) in [5, 5.41) is 5.86. The first kappa shape index (κ1) is 17.5. The van der Waals surface area contributed by atoms with Gasteiger partial charge in [0.05, 0.1) is 18.7 Å². The Labute approximate surface area is 142 Å². The van der Waals surface area contributed by atoms with Gasteiger partial charge in [0.25, 0.3) is 0 Å². The second-order valence-electron chi connectivity index (χ2n) is 4.59. The van der Waals surface area contributed by atoms with Crippen molar-refractivity contribution >= 4 is 40.1 Å². The van der Waals surface area contributed by atoms with Gasteiger partial charge in [0.15, 0.2) is 10.3 Å². The van der Waals surface area contributed by atoms with Gasteiger partial charge in [-0.15, -0.1) is 11.3 Å². The van der Waals surface area contributed by atoms with Gasteiger partial charge in [-0.1, -0.05) is 11.8 Å². The van der Waals surface area contributed by atoms with Gasteiger partial charge in [0.2, 0.25) is 5.91 Å². The van der Waals surface area contributed by atoms with Crippen molar-refractivity contribution in [2.24, 2.45) is 7.05 Å². The SMILES string of the molecule is CCOC(=O)Cc1csc(NC(=O)CCSc2nccn2C)n1. The number of thioether (sulfide) groups is 1. The van der Waals surface area contributed by atoms with E-state index in [1.54, 1.807) is 18.5 Å². The van der Waals surface area contributed by atoms with Crippen molar-refractivity contribution in [2.45, 2.75) is 24.9 Å². The average Bonchev–Trinajstić information content (AvgIpc) is 3.09. The number of amides is 1. The summed E-state index contributed by atoms with van der Waals surface area (Å²) in [5.41, 5.74) is 0.603. The number of hydrogen-bond acceptors (Lipinski definition) is 7. The average molecular weight is 354 g/mol. The second kappa shape index (κ2) is 8.68. The molecule has 1 amide bonds. The number of anilines is 1. The van der Waals surface area contributed by atoms with Crippen LogP contribution in [0.2, 0.25) is 0 Å². The van der Waals surface area contributed by atoms with Crippen LogP contribution in [0.3, 0.4) is 0 Å². The number of carbonyl (C=O) groups excluding carboxylic acids is 2. The van der Waals surface area contributed by atoms with Crippen LogP contribution in [0.1, 0.15) is 19.0 Å². The molecule has 0 fully saturated rings. The Balaban J connectivity index is 1.74. The molecule has 1 N–H and O–H groups in total. The molecule has 0 aliphatic carbocycles. The van der Waals surface area contributed by atoms with Gasteiger partial charge >= 0.3 is 5.97 Å². The highest BCUT2D eigenvalue weighted by molar-refractivity contribution is 7.99. The van der Waals surface area contributed by atoms with E-state index in [0.717, 1.165) is 5.16 Å². The fourth-order valence-corrected chi connectivity index (χ4v) is 3.31. The quantitative estimate of drug-likeness (QED) is 0.577. The molecule has 0 spiro atoms. The molecule has 2 rings (SSSR count). The van der Waals surface area contributed by atoms with E-state index >= 15 is 0 Å². The molecule has 124 valence electrons. The molecular formula is C14H18N4O3S2. The van der Waals surface area contributed by atoms with Crippen molar-refractivity contribution < 1.29 is 14.3 Å². The van der Waals surface area contributed by atoms with Gasteiger partial charge in [0, 0.05) is 37.0 Å². The standard InChI is InChI=1S/C14H18N4O3S2/c1-3-21-12(20)8-10-9-23-13(16-10)17-11(19)4-7-22-14-15-5-6-18(14)2/h5-6,9H,3-4,7-8H2,1-2H3,(H,16,17,19). The molecule has 0 saturated heterocycles. The topological polar surface area (TPSA) is 86.1 Å². The number of carbonyl (C=O) groups is 2. The summed E-state index contributed by atoms with van der Waals surface area (Å²) in [7, 11) is 1.91. The number of imidazole rings is 1. The summed E-state index contributed by atoms with van der Waals surface area (Å²) in [6.07, 6.45) is 4.08. The van der Waals surface area contributed by atoms with Gasteiger partial charge in [-0.2, -0.15) is 0 Å². The van der Waals surface area contributed by atoms with Gasteiger partial charge in [-0.05, 0) is 6.92 Å². The smallest absolute Gasteiger partial charge is 0.311 e. The molecule has 0 bridgehead atoms. The van der Waals surface area contributed by atoms with Gasteiger partial charge in [0.1, 0.15) is 0 Å². The van der Waals surface area contributed by atoms with E-state index in [1.165, 1.54) is 23.1 Å². The molecule has 23 heavy (non-hydrogen) atoms. The molecule has 0 unspecified atom stereocenters. The molecule has 0 aliphatic rings. The highest BCUT2D eigenvalue weighted by Gasteiger charge is 2.11. The number of nitrogens with zero attached hydrogens (tertiary/aromatic N) is 3. The zero-order valence-electron chi connectivity index (χ0n) is 12.9. The van der Waals surface area contributed by atoms with E-state index in [9.17, 15) is 9.59 Å². The van der Waals surface area contributed by atoms with Crippen molar-refractivity contribution in [3.8, 4) is 0 Å². The maximum Gasteiger partial charge on any atom is 0.311 e. The summed E-state index contributed by atoms with van der Waals surface area (Å²) < 4.78 is 6.77. The maximum absolute atomic E-state index is 11.9. The first-order chi connectivity index (χ1) is 11.1. The first-order valence-corrected chi connectivity index (χ1v) is 8.95. The van der Waals surface area contributed by atoms with Crippen LogP contribution >= 0.6 is 23.1 Å². The predicted molar refractivity (Wildman–Crippen MR) is 89.6 cm³/mol. The Kier molecular flexibility index (Phi) is 6.60. The Morgan fingerprint density at radius 2 is 2.30 bits per heavy atom. The molecule has 2 aromatic heterocycles. The summed E-state index contributed by atoms with van der Waals surface area (Å²) >= 11 is 2.82. The van der Waals surface area contributed by atoms with Crippen molar-refractivity contribution in [2.75, 3.05) is 17.7 Å². The number of rotatable bonds is 8. The van der Waals surface area contributed by atoms with Crippen LogP contribution < -0.4 is 5.32 Å². The minimum atomic E-state index is -0.317. The van der Waals surface area contributed by atoms with E-state index in [0.29, 0.717) is 29.6 Å². The van der Waals surface area contributed by atoms with Gasteiger partial charge < -0.3 is 14.6 Å². The highest BCUT2D eigenvalue weighted by atomic mass is 32.2. The number of hydrogen-bond donors (Lipinski definition) is 1. The number of esters is 1. The largest absolute Gasteiger partial charge is 0.466 e. The molecule has 2 aromatic rings. The number of aryl methyl sites for hydroxylation is 1. The highest BCUT2D eigenvalue weighted by Crippen LogP contribution is 2.18. The molecule has 0 aliphatic heterocycles. The van der Waals surface area contributed by atoms with Gasteiger partial charge in [-0.25, -0.2) is 9.97 Å². The number of thiazole rings is 1. The molecule has 2 heterocycles. The minimum Gasteiger partial charge on any atom is -0.466 e. The van der Waals surface area contributed by atoms with E-state index in [-0.39, 0.29) is 18.3 Å². The Bertz CT molecular complexity index is 669. The van der Waals surface area contributed by atoms with Crippen molar-refractivity contribution in [3.05, 3.63) is 23.5 Å². The molecule has 9 heteroatoms. The Morgan fingerprint density at radius 3 is 3.00 bits per heavy atom. The third kappa shape index (κ3) is 5.68. The maximum atomic E-state index is 11.9. The van der Waals surface area contributed by atoms with Crippen molar-refractivity contribution in [3.63, 3.8) is 0 Å². The molecule has 7 nitrogen and oxygen atoms in total. The third-order valence-corrected chi connectivity index (χ3v) is 4.63. The van der Waals surface area contributed by atoms with Crippen LogP contribution in [0.25, 0.3) is 0 Å². The van der Waals surface area contributed by atoms with Crippen LogP contribution in [0.15, 0.2) is 22.9 Å². The predicted octanol–water partition coefficient (Wildman–Crippen LogP) is 2.10. The fraction of sp³-hybridized carbons (Fsp3) is 0.429. The number of aromatic nitrogens is 3. The molecular weight excluding hydrogens is 336 g/mol.